The molecule has 0 aromatic carbocycles. The summed E-state index contributed by atoms with van der Waals surface area (Å²) in [5.41, 5.74) is 3.03. The van der Waals surface area contributed by atoms with E-state index in [0.717, 1.165) is 35.0 Å². The van der Waals surface area contributed by atoms with Crippen LogP contribution in [0.15, 0.2) is 0 Å². The van der Waals surface area contributed by atoms with E-state index >= 15 is 0 Å². The summed E-state index contributed by atoms with van der Waals surface area (Å²) in [6.45, 7) is 2.80. The van der Waals surface area contributed by atoms with Gasteiger partial charge in [-0.15, -0.1) is 0 Å². The van der Waals surface area contributed by atoms with Gasteiger partial charge in [-0.3, -0.25) is 4.68 Å². The molecule has 0 spiro atoms. The zero-order valence-electron chi connectivity index (χ0n) is 6.87. The second kappa shape index (κ2) is 2.83. The van der Waals surface area contributed by atoms with E-state index in [0.29, 0.717) is 0 Å². The van der Waals surface area contributed by atoms with Crippen LogP contribution in [0, 0.1) is 11.3 Å². The highest BCUT2D eigenvalue weighted by molar-refractivity contribution is 7.98. The molecule has 0 unspecified atom stereocenters. The van der Waals surface area contributed by atoms with Crippen molar-refractivity contribution in [3.05, 3.63) is 17.0 Å². The van der Waals surface area contributed by atoms with Crippen molar-refractivity contribution in [1.29, 1.82) is 5.26 Å². The number of nitriles is 1. The van der Waals surface area contributed by atoms with E-state index in [-0.39, 0.29) is 0 Å². The van der Waals surface area contributed by atoms with Crippen molar-refractivity contribution in [2.24, 2.45) is 0 Å². The number of aryl methyl sites for hydroxylation is 1. The molecule has 0 fully saturated rings. The Balaban J connectivity index is 2.56. The van der Waals surface area contributed by atoms with E-state index < -0.39 is 0 Å². The maximum atomic E-state index is 8.88. The van der Waals surface area contributed by atoms with E-state index in [1.807, 2.05) is 18.7 Å². The van der Waals surface area contributed by atoms with Gasteiger partial charge in [0.15, 0.2) is 0 Å². The molecule has 0 bridgehead atoms. The highest BCUT2D eigenvalue weighted by Gasteiger charge is 2.21. The molecule has 3 nitrogen and oxygen atoms in total. The molecular weight excluding hydrogens is 170 g/mol. The Morgan fingerprint density at radius 2 is 2.50 bits per heavy atom. The van der Waals surface area contributed by atoms with Crippen molar-refractivity contribution in [2.45, 2.75) is 25.0 Å². The molecular formula is C8H9N3S. The number of nitrogens with zero attached hydrogens (tertiary/aromatic N) is 3. The van der Waals surface area contributed by atoms with Crippen molar-refractivity contribution in [2.75, 3.05) is 0 Å². The summed E-state index contributed by atoms with van der Waals surface area (Å²) in [6.07, 6.45) is 0. The van der Waals surface area contributed by atoms with E-state index in [2.05, 4.69) is 11.2 Å². The molecule has 0 saturated carbocycles. The van der Waals surface area contributed by atoms with Crippen molar-refractivity contribution in [3.8, 4) is 6.07 Å². The molecule has 0 amide bonds. The van der Waals surface area contributed by atoms with Gasteiger partial charge < -0.3 is 0 Å². The lowest BCUT2D eigenvalue weighted by molar-refractivity contribution is 0.644. The van der Waals surface area contributed by atoms with Crippen molar-refractivity contribution in [1.82, 2.24) is 9.78 Å². The maximum absolute atomic E-state index is 8.88. The van der Waals surface area contributed by atoms with Crippen molar-refractivity contribution < 1.29 is 0 Å². The first-order valence-corrected chi connectivity index (χ1v) is 5.08. The molecule has 2 heterocycles. The van der Waals surface area contributed by atoms with Crippen LogP contribution in [-0.4, -0.2) is 9.78 Å². The van der Waals surface area contributed by atoms with Gasteiger partial charge in [-0.2, -0.15) is 22.1 Å². The molecule has 12 heavy (non-hydrogen) atoms. The normalized spacial score (nSPS) is 14.3. The van der Waals surface area contributed by atoms with Crippen LogP contribution in [0.2, 0.25) is 0 Å². The summed E-state index contributed by atoms with van der Waals surface area (Å²) >= 11 is 1.83. The summed E-state index contributed by atoms with van der Waals surface area (Å²) in [5, 5.41) is 13.2. The zero-order chi connectivity index (χ0) is 8.55. The van der Waals surface area contributed by atoms with Gasteiger partial charge in [0.25, 0.3) is 0 Å². The SMILES string of the molecule is CCn1nc2c(c1C#N)CSC2. The number of fused-ring (bicyclic) bond motifs is 1. The first-order chi connectivity index (χ1) is 5.86. The lowest BCUT2D eigenvalue weighted by Gasteiger charge is -1.97. The molecule has 0 N–H and O–H groups in total. The van der Waals surface area contributed by atoms with Gasteiger partial charge in [-0.25, -0.2) is 0 Å². The molecule has 62 valence electrons. The minimum Gasteiger partial charge on any atom is -0.255 e. The van der Waals surface area contributed by atoms with E-state index in [4.69, 9.17) is 5.26 Å². The quantitative estimate of drug-likeness (QED) is 0.656. The number of hydrogen-bond acceptors (Lipinski definition) is 3. The number of hydrogen-bond donors (Lipinski definition) is 0. The largest absolute Gasteiger partial charge is 0.255 e. The van der Waals surface area contributed by atoms with Crippen LogP contribution >= 0.6 is 11.8 Å². The fourth-order valence-corrected chi connectivity index (χ4v) is 2.45. The molecule has 0 saturated heterocycles. The average molecular weight is 179 g/mol. The molecule has 0 atom stereocenters. The first-order valence-electron chi connectivity index (χ1n) is 3.93. The Kier molecular flexibility index (Phi) is 1.81. The molecule has 0 aliphatic carbocycles. The maximum Gasteiger partial charge on any atom is 0.142 e. The van der Waals surface area contributed by atoms with E-state index in [9.17, 15) is 0 Å². The number of aromatic nitrogens is 2. The number of thioether (sulfide) groups is 1. The third kappa shape index (κ3) is 0.935. The van der Waals surface area contributed by atoms with Crippen LogP contribution in [0.4, 0.5) is 0 Å². The smallest absolute Gasteiger partial charge is 0.142 e. The van der Waals surface area contributed by atoms with Crippen molar-refractivity contribution in [3.63, 3.8) is 0 Å². The van der Waals surface area contributed by atoms with Crippen LogP contribution in [-0.2, 0) is 18.1 Å². The van der Waals surface area contributed by atoms with Crippen LogP contribution in [0.5, 0.6) is 0 Å². The molecule has 0 radical (unpaired) electrons. The average Bonchev–Trinajstić information content (AvgIpc) is 2.61. The van der Waals surface area contributed by atoms with Gasteiger partial charge in [0, 0.05) is 23.6 Å². The lowest BCUT2D eigenvalue weighted by Crippen LogP contribution is -2.00. The molecule has 1 aromatic rings. The Hall–Kier alpha value is -0.950. The highest BCUT2D eigenvalue weighted by Crippen LogP contribution is 2.31. The van der Waals surface area contributed by atoms with Gasteiger partial charge in [-0.1, -0.05) is 0 Å². The lowest BCUT2D eigenvalue weighted by atomic mass is 10.2. The van der Waals surface area contributed by atoms with Crippen LogP contribution in [0.1, 0.15) is 23.9 Å². The van der Waals surface area contributed by atoms with Crippen LogP contribution < -0.4 is 0 Å². The van der Waals surface area contributed by atoms with E-state index in [1.54, 1.807) is 4.68 Å². The summed E-state index contributed by atoms with van der Waals surface area (Å²) < 4.78 is 1.80. The summed E-state index contributed by atoms with van der Waals surface area (Å²) in [4.78, 5) is 0. The third-order valence-electron chi connectivity index (χ3n) is 2.02. The monoisotopic (exact) mass is 179 g/mol. The minimum atomic E-state index is 0.762. The van der Waals surface area contributed by atoms with E-state index in [1.165, 1.54) is 0 Å². The topological polar surface area (TPSA) is 41.6 Å². The first kappa shape index (κ1) is 7.69. The summed E-state index contributed by atoms with van der Waals surface area (Å²) in [5.74, 6) is 1.93. The fourth-order valence-electron chi connectivity index (χ4n) is 1.42. The third-order valence-corrected chi connectivity index (χ3v) is 2.99. The fraction of sp³-hybridized carbons (Fsp3) is 0.500. The van der Waals surface area contributed by atoms with Gasteiger partial charge >= 0.3 is 0 Å². The molecule has 1 aliphatic heterocycles. The van der Waals surface area contributed by atoms with Gasteiger partial charge in [0.1, 0.15) is 11.8 Å². The Bertz CT molecular complexity index is 348. The predicted octanol–water partition coefficient (Wildman–Crippen LogP) is 1.52. The van der Waals surface area contributed by atoms with Crippen LogP contribution in [0.3, 0.4) is 0 Å². The second-order valence-electron chi connectivity index (χ2n) is 2.69. The van der Waals surface area contributed by atoms with Gasteiger partial charge in [0.2, 0.25) is 0 Å². The Labute approximate surface area is 75.4 Å². The standard InChI is InChI=1S/C8H9N3S/c1-2-11-8(3-9)6-4-12-5-7(6)10-11/h2,4-5H2,1H3. The summed E-state index contributed by atoms with van der Waals surface area (Å²) in [7, 11) is 0. The second-order valence-corrected chi connectivity index (χ2v) is 3.68. The predicted molar refractivity (Wildman–Crippen MR) is 47.6 cm³/mol. The Morgan fingerprint density at radius 1 is 1.67 bits per heavy atom. The zero-order valence-corrected chi connectivity index (χ0v) is 7.69. The molecule has 1 aromatic heterocycles. The summed E-state index contributed by atoms with van der Waals surface area (Å²) in [6, 6.07) is 2.21. The highest BCUT2D eigenvalue weighted by atomic mass is 32.2. The molecule has 2 rings (SSSR count). The van der Waals surface area contributed by atoms with Crippen LogP contribution in [0.25, 0.3) is 0 Å². The van der Waals surface area contributed by atoms with Crippen molar-refractivity contribution >= 4 is 11.8 Å². The van der Waals surface area contributed by atoms with Gasteiger partial charge in [-0.05, 0) is 6.92 Å². The number of rotatable bonds is 1. The van der Waals surface area contributed by atoms with Gasteiger partial charge in [0.05, 0.1) is 5.69 Å². The Morgan fingerprint density at radius 3 is 3.17 bits per heavy atom. The molecule has 4 heteroatoms. The minimum absolute atomic E-state index is 0.762. The molecule has 1 aliphatic rings.